The van der Waals surface area contributed by atoms with Gasteiger partial charge in [0.1, 0.15) is 0 Å². The first kappa shape index (κ1) is 24.1. The predicted molar refractivity (Wildman–Crippen MR) is 127 cm³/mol. The molecule has 2 aromatic carbocycles. The van der Waals surface area contributed by atoms with Gasteiger partial charge in [-0.15, -0.1) is 0 Å². The van der Waals surface area contributed by atoms with Gasteiger partial charge in [0.2, 0.25) is 12.5 Å². The smallest absolute Gasteiger partial charge is 0.310 e. The molecule has 2 aromatic rings. The minimum absolute atomic E-state index is 0.00130. The molecule has 36 heavy (non-hydrogen) atoms. The van der Waals surface area contributed by atoms with Gasteiger partial charge in [0, 0.05) is 18.3 Å². The van der Waals surface area contributed by atoms with Crippen molar-refractivity contribution in [3.05, 3.63) is 41.0 Å². The van der Waals surface area contributed by atoms with Crippen LogP contribution in [-0.2, 0) is 14.3 Å². The van der Waals surface area contributed by atoms with Crippen LogP contribution in [0.25, 0.3) is 0 Å². The van der Waals surface area contributed by atoms with Gasteiger partial charge in [-0.1, -0.05) is 13.3 Å². The molecule has 0 saturated carbocycles. The van der Waals surface area contributed by atoms with Crippen molar-refractivity contribution in [1.29, 1.82) is 0 Å². The van der Waals surface area contributed by atoms with E-state index in [2.05, 4.69) is 0 Å². The molecular formula is C27H30O9. The van der Waals surface area contributed by atoms with Gasteiger partial charge in [-0.3, -0.25) is 9.59 Å². The number of rotatable bonds is 8. The molecule has 0 bridgehead atoms. The second kappa shape index (κ2) is 9.44. The van der Waals surface area contributed by atoms with Crippen LogP contribution in [0, 0.1) is 17.8 Å². The summed E-state index contributed by atoms with van der Waals surface area (Å²) in [4.78, 5) is 25.0. The van der Waals surface area contributed by atoms with Crippen LogP contribution >= 0.6 is 0 Å². The highest BCUT2D eigenvalue weighted by Gasteiger charge is 2.54. The van der Waals surface area contributed by atoms with E-state index in [1.807, 2.05) is 31.2 Å². The van der Waals surface area contributed by atoms with Gasteiger partial charge in [0.15, 0.2) is 23.0 Å². The molecule has 9 heteroatoms. The SMILES string of the molecule is CCC(CC(=O)O)[C@H]1c2cc3c(cc2[C@@H](c2cc(OC)c(OC)c(OC)c2)[C@@H]2C(=O)OC[C@@H]21)OCO3. The summed E-state index contributed by atoms with van der Waals surface area (Å²) in [7, 11) is 4.64. The number of hydrogen-bond donors (Lipinski definition) is 1. The fraction of sp³-hybridized carbons (Fsp3) is 0.481. The third-order valence-corrected chi connectivity index (χ3v) is 7.76. The van der Waals surface area contributed by atoms with Gasteiger partial charge in [-0.25, -0.2) is 0 Å². The Morgan fingerprint density at radius 3 is 2.19 bits per heavy atom. The molecule has 1 saturated heterocycles. The zero-order valence-corrected chi connectivity index (χ0v) is 20.7. The van der Waals surface area contributed by atoms with E-state index in [1.54, 1.807) is 21.3 Å². The minimum atomic E-state index is -0.863. The summed E-state index contributed by atoms with van der Waals surface area (Å²) in [5.74, 6) is 0.0329. The number of cyclic esters (lactones) is 1. The van der Waals surface area contributed by atoms with Crippen LogP contribution in [0.3, 0.4) is 0 Å². The maximum absolute atomic E-state index is 13.3. The van der Waals surface area contributed by atoms with Crippen molar-refractivity contribution < 1.29 is 43.1 Å². The lowest BCUT2D eigenvalue weighted by molar-refractivity contribution is -0.141. The zero-order valence-electron chi connectivity index (χ0n) is 20.7. The van der Waals surface area contributed by atoms with Crippen LogP contribution in [0.4, 0.5) is 0 Å². The first-order chi connectivity index (χ1) is 17.4. The van der Waals surface area contributed by atoms with Crippen LogP contribution < -0.4 is 23.7 Å². The first-order valence-electron chi connectivity index (χ1n) is 12.0. The molecule has 0 amide bonds. The number of hydrogen-bond acceptors (Lipinski definition) is 8. The number of carboxylic acids is 1. The number of fused-ring (bicyclic) bond motifs is 3. The molecule has 0 radical (unpaired) electrons. The lowest BCUT2D eigenvalue weighted by atomic mass is 9.59. The van der Waals surface area contributed by atoms with Crippen LogP contribution in [0.1, 0.15) is 48.3 Å². The minimum Gasteiger partial charge on any atom is -0.493 e. The summed E-state index contributed by atoms with van der Waals surface area (Å²) in [5.41, 5.74) is 2.66. The number of methoxy groups -OCH3 is 3. The molecule has 5 atom stereocenters. The Morgan fingerprint density at radius 2 is 1.64 bits per heavy atom. The molecule has 1 aliphatic carbocycles. The lowest BCUT2D eigenvalue weighted by Gasteiger charge is -2.42. The molecule has 9 nitrogen and oxygen atoms in total. The molecule has 0 spiro atoms. The second-order valence-corrected chi connectivity index (χ2v) is 9.38. The van der Waals surface area contributed by atoms with Crippen molar-refractivity contribution in [1.82, 2.24) is 0 Å². The molecule has 1 unspecified atom stereocenters. The van der Waals surface area contributed by atoms with E-state index in [1.165, 1.54) is 0 Å². The second-order valence-electron chi connectivity index (χ2n) is 9.38. The van der Waals surface area contributed by atoms with E-state index in [9.17, 15) is 14.7 Å². The number of carbonyl (C=O) groups is 2. The molecular weight excluding hydrogens is 468 g/mol. The number of aliphatic carboxylic acids is 1. The average Bonchev–Trinajstić information content (AvgIpc) is 3.49. The molecule has 1 fully saturated rings. The monoisotopic (exact) mass is 498 g/mol. The Bertz CT molecular complexity index is 1170. The Kier molecular flexibility index (Phi) is 6.32. The summed E-state index contributed by atoms with van der Waals surface area (Å²) in [5, 5.41) is 9.65. The summed E-state index contributed by atoms with van der Waals surface area (Å²) in [6.07, 6.45) is 0.651. The normalized spacial score (nSPS) is 24.4. The third-order valence-electron chi connectivity index (χ3n) is 7.76. The van der Waals surface area contributed by atoms with Crippen molar-refractivity contribution in [2.24, 2.45) is 17.8 Å². The highest BCUT2D eigenvalue weighted by molar-refractivity contribution is 5.79. The third kappa shape index (κ3) is 3.77. The molecule has 2 aliphatic heterocycles. The number of esters is 1. The lowest BCUT2D eigenvalue weighted by Crippen LogP contribution is -2.38. The van der Waals surface area contributed by atoms with E-state index >= 15 is 0 Å². The van der Waals surface area contributed by atoms with Crippen LogP contribution in [0.5, 0.6) is 28.7 Å². The van der Waals surface area contributed by atoms with Crippen LogP contribution in [-0.4, -0.2) is 51.8 Å². The number of benzene rings is 2. The fourth-order valence-corrected chi connectivity index (χ4v) is 6.24. The highest BCUT2D eigenvalue weighted by atomic mass is 16.7. The summed E-state index contributed by atoms with van der Waals surface area (Å²) >= 11 is 0. The molecule has 0 aromatic heterocycles. The van der Waals surface area contributed by atoms with Gasteiger partial charge >= 0.3 is 11.9 Å². The van der Waals surface area contributed by atoms with E-state index < -0.39 is 11.9 Å². The first-order valence-corrected chi connectivity index (χ1v) is 12.0. The standard InChI is InChI=1S/C27H30O9/c1-5-13(8-22(28)29)23-15-9-18-19(36-12-35-18)10-16(15)24(25-17(23)11-34-27(25)30)14-6-20(31-2)26(33-4)21(7-14)32-3/h6-7,9-10,13,17,23-25H,5,8,11-12H2,1-4H3,(H,28,29)/t13?,17-,23+,24-,25-/m1/s1. The average molecular weight is 499 g/mol. The molecule has 3 aliphatic rings. The number of carbonyl (C=O) groups excluding carboxylic acids is 1. The fourth-order valence-electron chi connectivity index (χ4n) is 6.24. The van der Waals surface area contributed by atoms with Gasteiger partial charge in [0.05, 0.1) is 33.9 Å². The van der Waals surface area contributed by atoms with Gasteiger partial charge in [-0.2, -0.15) is 0 Å². The van der Waals surface area contributed by atoms with Crippen LogP contribution in [0.15, 0.2) is 24.3 Å². The maximum atomic E-state index is 13.3. The maximum Gasteiger partial charge on any atom is 0.310 e. The Morgan fingerprint density at radius 1 is 1.00 bits per heavy atom. The van der Waals surface area contributed by atoms with Crippen molar-refractivity contribution in [3.63, 3.8) is 0 Å². The van der Waals surface area contributed by atoms with Crippen molar-refractivity contribution in [3.8, 4) is 28.7 Å². The number of carboxylic acid groups (broad SMARTS) is 1. The highest BCUT2D eigenvalue weighted by Crippen LogP contribution is 2.58. The summed E-state index contributed by atoms with van der Waals surface area (Å²) in [6, 6.07) is 7.60. The van der Waals surface area contributed by atoms with Gasteiger partial charge < -0.3 is 33.5 Å². The van der Waals surface area contributed by atoms with E-state index in [0.717, 1.165) is 16.7 Å². The topological polar surface area (TPSA) is 110 Å². The van der Waals surface area contributed by atoms with Crippen LogP contribution in [0.2, 0.25) is 0 Å². The Labute approximate surface area is 209 Å². The zero-order chi connectivity index (χ0) is 25.6. The Hall–Kier alpha value is -3.62. The van der Waals surface area contributed by atoms with Crippen molar-refractivity contribution in [2.45, 2.75) is 31.6 Å². The largest absolute Gasteiger partial charge is 0.493 e. The Balaban J connectivity index is 1.75. The van der Waals surface area contributed by atoms with Crippen molar-refractivity contribution >= 4 is 11.9 Å². The summed E-state index contributed by atoms with van der Waals surface area (Å²) < 4.78 is 33.7. The van der Waals surface area contributed by atoms with Gasteiger partial charge in [-0.05, 0) is 52.8 Å². The van der Waals surface area contributed by atoms with Crippen molar-refractivity contribution in [2.75, 3.05) is 34.7 Å². The van der Waals surface area contributed by atoms with E-state index in [0.29, 0.717) is 35.2 Å². The number of ether oxygens (including phenoxy) is 6. The van der Waals surface area contributed by atoms with E-state index in [-0.39, 0.29) is 49.5 Å². The predicted octanol–water partition coefficient (Wildman–Crippen LogP) is 3.96. The van der Waals surface area contributed by atoms with Gasteiger partial charge in [0.25, 0.3) is 0 Å². The molecule has 2 heterocycles. The van der Waals surface area contributed by atoms with E-state index in [4.69, 9.17) is 28.4 Å². The summed E-state index contributed by atoms with van der Waals surface area (Å²) in [6.45, 7) is 2.33. The quantitative estimate of drug-likeness (QED) is 0.541. The molecule has 1 N–H and O–H groups in total. The molecule has 192 valence electrons. The molecule has 5 rings (SSSR count).